The van der Waals surface area contributed by atoms with Gasteiger partial charge in [0.1, 0.15) is 11.4 Å². The molecule has 0 N–H and O–H groups in total. The number of methoxy groups -OCH3 is 2. The molecule has 7 nitrogen and oxygen atoms in total. The first kappa shape index (κ1) is 31.9. The summed E-state index contributed by atoms with van der Waals surface area (Å²) in [6.45, 7) is 2.59. The first-order valence-electron chi connectivity index (χ1n) is 10.7. The molecule has 5 aromatic rings. The van der Waals surface area contributed by atoms with E-state index in [1.807, 2.05) is 54.6 Å². The van der Waals surface area contributed by atoms with Crippen molar-refractivity contribution in [2.75, 3.05) is 27.4 Å². The van der Waals surface area contributed by atoms with E-state index in [2.05, 4.69) is 21.3 Å². The Morgan fingerprint density at radius 3 is 1.42 bits per heavy atom. The van der Waals surface area contributed by atoms with Gasteiger partial charge in [-0.2, -0.15) is 0 Å². The molecule has 0 aliphatic rings. The minimum Gasteiger partial charge on any atom is -1.00 e. The number of halogens is 3. The average Bonchev–Trinajstić information content (AvgIpc) is 3.40. The Hall–Kier alpha value is -2.16. The van der Waals surface area contributed by atoms with Crippen molar-refractivity contribution in [2.45, 2.75) is 13.1 Å². The van der Waals surface area contributed by atoms with Gasteiger partial charge in [-0.25, -0.2) is 15.0 Å². The summed E-state index contributed by atoms with van der Waals surface area (Å²) in [6, 6.07) is 22.3. The zero-order valence-electron chi connectivity index (χ0n) is 19.7. The van der Waals surface area contributed by atoms with Crippen LogP contribution in [0, 0.1) is 0 Å². The SMILES string of the molecule is COCCn1c(-c2cccc(-c3nc4ccccc4n3CCOC)n2)nc2ccccc21.[Cl-].[Cl-].[Cl-].[Fe+3]. The normalized spacial score (nSPS) is 10.3. The molecular weight excluding hydrogens is 565 g/mol. The first-order valence-corrected chi connectivity index (χ1v) is 10.7. The molecule has 1 radical (unpaired) electrons. The quantitative estimate of drug-likeness (QED) is 0.171. The zero-order chi connectivity index (χ0) is 21.9. The predicted molar refractivity (Wildman–Crippen MR) is 125 cm³/mol. The summed E-state index contributed by atoms with van der Waals surface area (Å²) >= 11 is 0. The molecule has 0 spiro atoms. The molecule has 2 aromatic carbocycles. The van der Waals surface area contributed by atoms with Crippen LogP contribution in [0.25, 0.3) is 45.1 Å². The number of hydrogen-bond donors (Lipinski definition) is 0. The number of hydrogen-bond acceptors (Lipinski definition) is 5. The summed E-state index contributed by atoms with van der Waals surface area (Å²) in [7, 11) is 3.42. The standard InChI is InChI=1S/C25H25N5O2.3ClH.Fe/c1-31-16-14-29-22-12-5-3-8-18(22)27-24(29)20-10-7-11-21(26-20)25-28-19-9-4-6-13-23(19)30(25)15-17-32-2;;;;/h3-13H,14-17H2,1-2H3;3*1H;/q;;;;+3/p-3. The second-order valence-corrected chi connectivity index (χ2v) is 7.55. The maximum absolute atomic E-state index is 5.34. The topological polar surface area (TPSA) is 67.0 Å². The predicted octanol–water partition coefficient (Wildman–Crippen LogP) is -4.58. The number of imidazole rings is 2. The molecule has 11 heteroatoms. The molecule has 0 aliphatic carbocycles. The largest absolute Gasteiger partial charge is 3.00 e. The van der Waals surface area contributed by atoms with Gasteiger partial charge in [-0.3, -0.25) is 0 Å². The molecule has 0 bridgehead atoms. The van der Waals surface area contributed by atoms with E-state index in [-0.39, 0.29) is 54.3 Å². The second kappa shape index (κ2) is 14.5. The minimum absolute atomic E-state index is 0. The Morgan fingerprint density at radius 2 is 1.00 bits per heavy atom. The van der Waals surface area contributed by atoms with Crippen molar-refractivity contribution in [1.29, 1.82) is 0 Å². The summed E-state index contributed by atoms with van der Waals surface area (Å²) in [5, 5.41) is 0. The second-order valence-electron chi connectivity index (χ2n) is 7.55. The Bertz CT molecular complexity index is 1290. The maximum Gasteiger partial charge on any atom is 3.00 e. The van der Waals surface area contributed by atoms with Gasteiger partial charge < -0.3 is 55.8 Å². The molecule has 0 saturated heterocycles. The van der Waals surface area contributed by atoms with Crippen molar-refractivity contribution in [2.24, 2.45) is 0 Å². The van der Waals surface area contributed by atoms with Crippen LogP contribution in [0.1, 0.15) is 0 Å². The van der Waals surface area contributed by atoms with Crippen LogP contribution in [0.15, 0.2) is 66.7 Å². The molecule has 3 aromatic heterocycles. The van der Waals surface area contributed by atoms with Crippen LogP contribution >= 0.6 is 0 Å². The van der Waals surface area contributed by atoms with Crippen LogP contribution in [0.2, 0.25) is 0 Å². The van der Waals surface area contributed by atoms with Gasteiger partial charge in [0.25, 0.3) is 0 Å². The smallest absolute Gasteiger partial charge is 1.00 e. The fourth-order valence-corrected chi connectivity index (χ4v) is 4.04. The van der Waals surface area contributed by atoms with E-state index in [1.54, 1.807) is 14.2 Å². The third kappa shape index (κ3) is 6.21. The van der Waals surface area contributed by atoms with E-state index in [4.69, 9.17) is 24.4 Å². The van der Waals surface area contributed by atoms with Gasteiger partial charge in [-0.15, -0.1) is 0 Å². The van der Waals surface area contributed by atoms with E-state index in [9.17, 15) is 0 Å². The van der Waals surface area contributed by atoms with Crippen LogP contribution in [0.3, 0.4) is 0 Å². The van der Waals surface area contributed by atoms with E-state index in [1.165, 1.54) is 0 Å². The Labute approximate surface area is 239 Å². The average molecular weight is 590 g/mol. The molecule has 5 rings (SSSR count). The van der Waals surface area contributed by atoms with Crippen LogP contribution in [0.5, 0.6) is 0 Å². The van der Waals surface area contributed by atoms with Crippen LogP contribution < -0.4 is 37.2 Å². The fourth-order valence-electron chi connectivity index (χ4n) is 4.04. The third-order valence-electron chi connectivity index (χ3n) is 5.55. The molecule has 0 fully saturated rings. The summed E-state index contributed by atoms with van der Waals surface area (Å²) in [5.41, 5.74) is 5.63. The van der Waals surface area contributed by atoms with E-state index >= 15 is 0 Å². The summed E-state index contributed by atoms with van der Waals surface area (Å²) in [6.07, 6.45) is 0. The molecule has 36 heavy (non-hydrogen) atoms. The van der Waals surface area contributed by atoms with Crippen LogP contribution in [-0.2, 0) is 39.6 Å². The molecule has 0 atom stereocenters. The number of pyridine rings is 1. The van der Waals surface area contributed by atoms with Gasteiger partial charge >= 0.3 is 17.1 Å². The number of aromatic nitrogens is 5. The van der Waals surface area contributed by atoms with Gasteiger partial charge in [-0.1, -0.05) is 30.3 Å². The molecule has 0 aliphatic heterocycles. The van der Waals surface area contributed by atoms with Gasteiger partial charge in [0, 0.05) is 27.3 Å². The number of para-hydroxylation sites is 4. The van der Waals surface area contributed by atoms with E-state index in [0.717, 1.165) is 45.1 Å². The van der Waals surface area contributed by atoms with Crippen molar-refractivity contribution in [3.63, 3.8) is 0 Å². The van der Waals surface area contributed by atoms with E-state index < -0.39 is 0 Å². The Morgan fingerprint density at radius 1 is 0.583 bits per heavy atom. The molecule has 0 amide bonds. The molecule has 0 unspecified atom stereocenters. The summed E-state index contributed by atoms with van der Waals surface area (Å²) in [5.74, 6) is 1.65. The summed E-state index contributed by atoms with van der Waals surface area (Å²) < 4.78 is 15.0. The molecule has 191 valence electrons. The van der Waals surface area contributed by atoms with Crippen LogP contribution in [0.4, 0.5) is 0 Å². The van der Waals surface area contributed by atoms with Gasteiger partial charge in [-0.05, 0) is 36.4 Å². The van der Waals surface area contributed by atoms with Crippen molar-refractivity contribution < 1.29 is 63.8 Å². The number of fused-ring (bicyclic) bond motifs is 2. The number of nitrogens with zero attached hydrogens (tertiary/aromatic N) is 5. The Kier molecular flexibility index (Phi) is 12.9. The third-order valence-corrected chi connectivity index (χ3v) is 5.55. The van der Waals surface area contributed by atoms with Gasteiger partial charge in [0.15, 0.2) is 11.6 Å². The van der Waals surface area contributed by atoms with Gasteiger partial charge in [0.05, 0.1) is 35.3 Å². The fraction of sp³-hybridized carbons (Fsp3) is 0.240. The Balaban J connectivity index is 0.00000162. The molecule has 3 heterocycles. The number of benzene rings is 2. The van der Waals surface area contributed by atoms with Crippen molar-refractivity contribution in [1.82, 2.24) is 24.1 Å². The van der Waals surface area contributed by atoms with E-state index in [0.29, 0.717) is 26.3 Å². The minimum atomic E-state index is 0. The van der Waals surface area contributed by atoms with Crippen molar-refractivity contribution in [3.8, 4) is 23.0 Å². The van der Waals surface area contributed by atoms with Crippen molar-refractivity contribution >= 4 is 22.1 Å². The molecule has 0 saturated carbocycles. The summed E-state index contributed by atoms with van der Waals surface area (Å²) in [4.78, 5) is 14.8. The zero-order valence-corrected chi connectivity index (χ0v) is 23.1. The molecular formula is C25H25Cl3FeN5O2. The van der Waals surface area contributed by atoms with Crippen molar-refractivity contribution in [3.05, 3.63) is 66.7 Å². The number of rotatable bonds is 8. The first-order chi connectivity index (χ1) is 15.8. The van der Waals surface area contributed by atoms with Gasteiger partial charge in [0.2, 0.25) is 0 Å². The monoisotopic (exact) mass is 588 g/mol. The van der Waals surface area contributed by atoms with Crippen LogP contribution in [-0.4, -0.2) is 51.5 Å². The maximum atomic E-state index is 5.34. The number of ether oxygens (including phenoxy) is 2.